The van der Waals surface area contributed by atoms with Crippen molar-refractivity contribution in [1.29, 1.82) is 0 Å². The van der Waals surface area contributed by atoms with E-state index in [9.17, 15) is 9.50 Å². The van der Waals surface area contributed by atoms with Gasteiger partial charge in [0, 0.05) is 11.4 Å². The number of para-hydroxylation sites is 1. The van der Waals surface area contributed by atoms with Gasteiger partial charge in [0.2, 0.25) is 0 Å². The number of hydrogen-bond acceptors (Lipinski definition) is 3. The lowest BCUT2D eigenvalue weighted by Crippen LogP contribution is -2.12. The number of thiophene rings is 1. The Morgan fingerprint density at radius 2 is 2.18 bits per heavy atom. The van der Waals surface area contributed by atoms with Crippen LogP contribution >= 0.6 is 11.3 Å². The molecule has 2 N–H and O–H groups in total. The van der Waals surface area contributed by atoms with Gasteiger partial charge in [-0.1, -0.05) is 18.2 Å². The van der Waals surface area contributed by atoms with E-state index in [0.717, 1.165) is 10.4 Å². The highest BCUT2D eigenvalue weighted by molar-refractivity contribution is 7.10. The minimum Gasteiger partial charge on any atom is -0.386 e. The van der Waals surface area contributed by atoms with E-state index < -0.39 is 6.10 Å². The molecular weight excluding hydrogens is 237 g/mol. The molecule has 0 aliphatic carbocycles. The zero-order chi connectivity index (χ0) is 12.3. The summed E-state index contributed by atoms with van der Waals surface area (Å²) in [4.78, 5) is 0.881. The van der Waals surface area contributed by atoms with Crippen molar-refractivity contribution in [3.63, 3.8) is 0 Å². The molecule has 1 atom stereocenters. The summed E-state index contributed by atoms with van der Waals surface area (Å²) in [5, 5.41) is 14.7. The molecule has 0 fully saturated rings. The minimum absolute atomic E-state index is 0.289. The molecule has 1 aromatic carbocycles. The lowest BCUT2D eigenvalue weighted by atomic mass is 10.2. The van der Waals surface area contributed by atoms with Crippen molar-refractivity contribution in [2.75, 3.05) is 11.9 Å². The van der Waals surface area contributed by atoms with Gasteiger partial charge >= 0.3 is 0 Å². The average molecular weight is 251 g/mol. The van der Waals surface area contributed by atoms with Crippen LogP contribution in [0.3, 0.4) is 0 Å². The third-order valence-electron chi connectivity index (χ3n) is 2.57. The SMILES string of the molecule is Cc1cccc(F)c1NCC(O)c1cccs1. The van der Waals surface area contributed by atoms with E-state index in [1.807, 2.05) is 30.5 Å². The number of aliphatic hydroxyl groups is 1. The lowest BCUT2D eigenvalue weighted by Gasteiger charge is -2.13. The predicted molar refractivity (Wildman–Crippen MR) is 68.9 cm³/mol. The van der Waals surface area contributed by atoms with Crippen molar-refractivity contribution in [2.24, 2.45) is 0 Å². The zero-order valence-corrected chi connectivity index (χ0v) is 10.3. The molecule has 0 aliphatic heterocycles. The molecule has 1 unspecified atom stereocenters. The Kier molecular flexibility index (Phi) is 3.76. The number of aliphatic hydroxyl groups excluding tert-OH is 1. The van der Waals surface area contributed by atoms with Crippen molar-refractivity contribution < 1.29 is 9.50 Å². The number of aryl methyl sites for hydroxylation is 1. The third kappa shape index (κ3) is 2.84. The first-order chi connectivity index (χ1) is 8.18. The van der Waals surface area contributed by atoms with Gasteiger partial charge in [-0.2, -0.15) is 0 Å². The highest BCUT2D eigenvalue weighted by Gasteiger charge is 2.10. The average Bonchev–Trinajstić information content (AvgIpc) is 2.81. The number of anilines is 1. The van der Waals surface area contributed by atoms with Crippen LogP contribution in [0.25, 0.3) is 0 Å². The van der Waals surface area contributed by atoms with Crippen molar-refractivity contribution in [1.82, 2.24) is 0 Å². The van der Waals surface area contributed by atoms with E-state index in [-0.39, 0.29) is 5.82 Å². The smallest absolute Gasteiger partial charge is 0.146 e. The maximum absolute atomic E-state index is 13.5. The maximum atomic E-state index is 13.5. The molecule has 4 heteroatoms. The van der Waals surface area contributed by atoms with E-state index >= 15 is 0 Å². The largest absolute Gasteiger partial charge is 0.386 e. The first kappa shape index (κ1) is 12.1. The summed E-state index contributed by atoms with van der Waals surface area (Å²) in [6.45, 7) is 2.14. The van der Waals surface area contributed by atoms with Crippen LogP contribution in [0.4, 0.5) is 10.1 Å². The molecule has 2 rings (SSSR count). The monoisotopic (exact) mass is 251 g/mol. The topological polar surface area (TPSA) is 32.3 Å². The van der Waals surface area contributed by atoms with Gasteiger partial charge < -0.3 is 10.4 Å². The molecule has 0 bridgehead atoms. The van der Waals surface area contributed by atoms with E-state index in [4.69, 9.17) is 0 Å². The number of nitrogens with one attached hydrogen (secondary N) is 1. The van der Waals surface area contributed by atoms with Crippen LogP contribution in [-0.2, 0) is 0 Å². The fourth-order valence-electron chi connectivity index (χ4n) is 1.64. The Bertz CT molecular complexity index is 464. The first-order valence-electron chi connectivity index (χ1n) is 5.39. The number of hydrogen-bond donors (Lipinski definition) is 2. The van der Waals surface area contributed by atoms with Crippen molar-refractivity contribution in [3.8, 4) is 0 Å². The molecular formula is C13H14FNOS. The second kappa shape index (κ2) is 5.29. The minimum atomic E-state index is -0.603. The van der Waals surface area contributed by atoms with E-state index in [0.29, 0.717) is 12.2 Å². The standard InChI is InChI=1S/C13H14FNOS/c1-9-4-2-5-10(14)13(9)15-8-11(16)12-6-3-7-17-12/h2-7,11,15-16H,8H2,1H3. The second-order valence-corrected chi connectivity index (χ2v) is 4.82. The van der Waals surface area contributed by atoms with Gasteiger partial charge in [0.25, 0.3) is 0 Å². The van der Waals surface area contributed by atoms with Crippen molar-refractivity contribution in [3.05, 3.63) is 52.0 Å². The third-order valence-corrected chi connectivity index (χ3v) is 3.54. The molecule has 0 amide bonds. The molecule has 17 heavy (non-hydrogen) atoms. The van der Waals surface area contributed by atoms with Gasteiger partial charge in [-0.25, -0.2) is 4.39 Å². The Morgan fingerprint density at radius 1 is 1.35 bits per heavy atom. The molecule has 2 aromatic rings. The number of halogens is 1. The Hall–Kier alpha value is -1.39. The van der Waals surface area contributed by atoms with Crippen LogP contribution in [0, 0.1) is 12.7 Å². The number of rotatable bonds is 4. The molecule has 90 valence electrons. The summed E-state index contributed by atoms with van der Waals surface area (Å²) in [6, 6.07) is 8.67. The second-order valence-electron chi connectivity index (χ2n) is 3.84. The van der Waals surface area contributed by atoms with Gasteiger partial charge in [0.1, 0.15) is 11.9 Å². The molecule has 0 aliphatic rings. The van der Waals surface area contributed by atoms with Crippen LogP contribution < -0.4 is 5.32 Å². The van der Waals surface area contributed by atoms with Gasteiger partial charge in [0.05, 0.1) is 5.69 Å². The fraction of sp³-hybridized carbons (Fsp3) is 0.231. The van der Waals surface area contributed by atoms with Crippen molar-refractivity contribution >= 4 is 17.0 Å². The zero-order valence-electron chi connectivity index (χ0n) is 9.48. The van der Waals surface area contributed by atoms with Gasteiger partial charge in [-0.3, -0.25) is 0 Å². The highest BCUT2D eigenvalue weighted by atomic mass is 32.1. The van der Waals surface area contributed by atoms with Crippen LogP contribution in [0.2, 0.25) is 0 Å². The summed E-state index contributed by atoms with van der Waals surface area (Å²) in [5.41, 5.74) is 1.30. The molecule has 2 nitrogen and oxygen atoms in total. The van der Waals surface area contributed by atoms with Crippen LogP contribution in [0.5, 0.6) is 0 Å². The van der Waals surface area contributed by atoms with E-state index in [1.54, 1.807) is 6.07 Å². The summed E-state index contributed by atoms with van der Waals surface area (Å²) in [5.74, 6) is -0.289. The Balaban J connectivity index is 2.03. The summed E-state index contributed by atoms with van der Waals surface area (Å²) in [6.07, 6.45) is -0.603. The molecule has 0 spiro atoms. The van der Waals surface area contributed by atoms with Gasteiger partial charge in [0.15, 0.2) is 0 Å². The fourth-order valence-corrected chi connectivity index (χ4v) is 2.35. The first-order valence-corrected chi connectivity index (χ1v) is 6.27. The summed E-state index contributed by atoms with van der Waals surface area (Å²) in [7, 11) is 0. The lowest BCUT2D eigenvalue weighted by molar-refractivity contribution is 0.195. The highest BCUT2D eigenvalue weighted by Crippen LogP contribution is 2.22. The molecule has 1 aromatic heterocycles. The van der Waals surface area contributed by atoms with Crippen molar-refractivity contribution in [2.45, 2.75) is 13.0 Å². The molecule has 0 saturated carbocycles. The normalized spacial score (nSPS) is 12.4. The summed E-state index contributed by atoms with van der Waals surface area (Å²) >= 11 is 1.49. The quantitative estimate of drug-likeness (QED) is 0.873. The molecule has 0 saturated heterocycles. The summed E-state index contributed by atoms with van der Waals surface area (Å²) < 4.78 is 13.5. The van der Waals surface area contributed by atoms with Gasteiger partial charge in [-0.15, -0.1) is 11.3 Å². The van der Waals surface area contributed by atoms with E-state index in [1.165, 1.54) is 17.4 Å². The van der Waals surface area contributed by atoms with Crippen LogP contribution in [0.1, 0.15) is 16.5 Å². The van der Waals surface area contributed by atoms with E-state index in [2.05, 4.69) is 5.32 Å². The van der Waals surface area contributed by atoms with Crippen LogP contribution in [0.15, 0.2) is 35.7 Å². The van der Waals surface area contributed by atoms with Crippen LogP contribution in [-0.4, -0.2) is 11.7 Å². The predicted octanol–water partition coefficient (Wildman–Crippen LogP) is 3.34. The Labute approximate surface area is 104 Å². The Morgan fingerprint density at radius 3 is 2.82 bits per heavy atom. The maximum Gasteiger partial charge on any atom is 0.146 e. The molecule has 1 heterocycles. The van der Waals surface area contributed by atoms with Gasteiger partial charge in [-0.05, 0) is 30.0 Å². The molecule has 0 radical (unpaired) electrons. The number of benzene rings is 1.